The number of fused-ring (bicyclic) bond motifs is 1. The molecular weight excluding hydrogens is 384 g/mol. The second-order valence-corrected chi connectivity index (χ2v) is 8.45. The van der Waals surface area contributed by atoms with Gasteiger partial charge in [0.1, 0.15) is 0 Å². The number of aryl methyl sites for hydroxylation is 2. The van der Waals surface area contributed by atoms with E-state index in [0.29, 0.717) is 13.0 Å². The van der Waals surface area contributed by atoms with E-state index in [9.17, 15) is 9.59 Å². The Morgan fingerprint density at radius 1 is 1.00 bits per heavy atom. The van der Waals surface area contributed by atoms with Crippen molar-refractivity contribution in [3.05, 3.63) is 77.4 Å². The van der Waals surface area contributed by atoms with Crippen molar-refractivity contribution in [1.29, 1.82) is 0 Å². The highest BCUT2D eigenvalue weighted by atomic mass is 16.2. The molecule has 0 aromatic heterocycles. The molecule has 160 valence electrons. The minimum atomic E-state index is -0.172. The van der Waals surface area contributed by atoms with Crippen LogP contribution in [-0.2, 0) is 22.4 Å². The first-order valence-electron chi connectivity index (χ1n) is 11.2. The van der Waals surface area contributed by atoms with Crippen LogP contribution in [0.5, 0.6) is 0 Å². The van der Waals surface area contributed by atoms with Gasteiger partial charge in [0.2, 0.25) is 11.8 Å². The first-order valence-corrected chi connectivity index (χ1v) is 11.2. The molecule has 4 rings (SSSR count). The van der Waals surface area contributed by atoms with Crippen molar-refractivity contribution in [1.82, 2.24) is 4.90 Å². The van der Waals surface area contributed by atoms with E-state index in [-0.39, 0.29) is 17.7 Å². The molecule has 1 aliphatic heterocycles. The monoisotopic (exact) mass is 414 g/mol. The van der Waals surface area contributed by atoms with E-state index in [1.54, 1.807) is 0 Å². The van der Waals surface area contributed by atoms with Crippen LogP contribution in [0.2, 0.25) is 0 Å². The molecule has 1 saturated heterocycles. The molecule has 0 unspecified atom stereocenters. The predicted octanol–water partition coefficient (Wildman–Crippen LogP) is 5.13. The fourth-order valence-corrected chi connectivity index (χ4v) is 4.57. The lowest BCUT2D eigenvalue weighted by molar-refractivity contribution is -0.133. The molecule has 0 bridgehead atoms. The van der Waals surface area contributed by atoms with E-state index < -0.39 is 0 Å². The van der Waals surface area contributed by atoms with Crippen molar-refractivity contribution in [2.24, 2.45) is 5.92 Å². The summed E-state index contributed by atoms with van der Waals surface area (Å²) in [5.41, 5.74) is 4.19. The van der Waals surface area contributed by atoms with Gasteiger partial charge >= 0.3 is 0 Å². The van der Waals surface area contributed by atoms with Gasteiger partial charge in [0.05, 0.1) is 12.3 Å². The lowest BCUT2D eigenvalue weighted by atomic mass is 9.95. The number of benzene rings is 3. The van der Waals surface area contributed by atoms with Crippen LogP contribution in [0.25, 0.3) is 10.8 Å². The van der Waals surface area contributed by atoms with Gasteiger partial charge < -0.3 is 10.2 Å². The summed E-state index contributed by atoms with van der Waals surface area (Å²) in [6.07, 6.45) is 2.91. The third kappa shape index (κ3) is 4.63. The van der Waals surface area contributed by atoms with Gasteiger partial charge in [-0.1, -0.05) is 67.6 Å². The van der Waals surface area contributed by atoms with Crippen molar-refractivity contribution in [3.8, 4) is 0 Å². The second-order valence-electron chi connectivity index (χ2n) is 8.45. The van der Waals surface area contributed by atoms with Crippen LogP contribution >= 0.6 is 0 Å². The summed E-state index contributed by atoms with van der Waals surface area (Å²) in [6, 6.07) is 20.4. The number of anilines is 1. The third-order valence-electron chi connectivity index (χ3n) is 6.35. The largest absolute Gasteiger partial charge is 0.342 e. The molecule has 2 amide bonds. The summed E-state index contributed by atoms with van der Waals surface area (Å²) in [6.45, 7) is 5.33. The Balaban J connectivity index is 1.44. The molecule has 0 spiro atoms. The molecule has 0 radical (unpaired) electrons. The molecule has 31 heavy (non-hydrogen) atoms. The Morgan fingerprint density at radius 2 is 1.74 bits per heavy atom. The van der Waals surface area contributed by atoms with Crippen LogP contribution < -0.4 is 5.32 Å². The molecule has 4 nitrogen and oxygen atoms in total. The van der Waals surface area contributed by atoms with Gasteiger partial charge in [-0.25, -0.2) is 0 Å². The molecule has 1 atom stereocenters. The third-order valence-corrected chi connectivity index (χ3v) is 6.35. The van der Waals surface area contributed by atoms with Crippen molar-refractivity contribution >= 4 is 28.3 Å². The zero-order valence-electron chi connectivity index (χ0n) is 18.4. The number of carbonyl (C=O) groups is 2. The molecule has 1 aliphatic rings. The Morgan fingerprint density at radius 3 is 2.58 bits per heavy atom. The SMILES string of the molecule is CCc1cccc(C)c1NC(=O)[C@H]1CCCN(C(=O)Cc2cccc3ccccc23)C1. The van der Waals surface area contributed by atoms with E-state index in [2.05, 4.69) is 36.5 Å². The number of nitrogens with one attached hydrogen (secondary N) is 1. The maximum absolute atomic E-state index is 13.1. The number of carbonyl (C=O) groups excluding carboxylic acids is 2. The van der Waals surface area contributed by atoms with E-state index in [4.69, 9.17) is 0 Å². The average molecular weight is 415 g/mol. The van der Waals surface area contributed by atoms with Crippen LogP contribution in [-0.4, -0.2) is 29.8 Å². The molecule has 0 aliphatic carbocycles. The topological polar surface area (TPSA) is 49.4 Å². The number of hydrogen-bond donors (Lipinski definition) is 1. The number of rotatable bonds is 5. The summed E-state index contributed by atoms with van der Waals surface area (Å²) in [7, 11) is 0. The lowest BCUT2D eigenvalue weighted by Crippen LogP contribution is -2.44. The van der Waals surface area contributed by atoms with Gasteiger partial charge in [-0.15, -0.1) is 0 Å². The molecular formula is C27H30N2O2. The first-order chi connectivity index (χ1) is 15.1. The molecule has 1 fully saturated rings. The summed E-state index contributed by atoms with van der Waals surface area (Å²) >= 11 is 0. The highest BCUT2D eigenvalue weighted by molar-refractivity contribution is 5.95. The Labute approximate surface area is 184 Å². The minimum absolute atomic E-state index is 0.0201. The molecule has 3 aromatic carbocycles. The molecule has 1 heterocycles. The van der Waals surface area contributed by atoms with Crippen molar-refractivity contribution in [3.63, 3.8) is 0 Å². The Bertz CT molecular complexity index is 1100. The Hall–Kier alpha value is -3.14. The normalized spacial score (nSPS) is 16.3. The van der Waals surface area contributed by atoms with E-state index in [1.807, 2.05) is 48.2 Å². The zero-order chi connectivity index (χ0) is 21.8. The van der Waals surface area contributed by atoms with E-state index >= 15 is 0 Å². The van der Waals surface area contributed by atoms with Gasteiger partial charge in [0.25, 0.3) is 0 Å². The van der Waals surface area contributed by atoms with Crippen LogP contribution in [0.3, 0.4) is 0 Å². The van der Waals surface area contributed by atoms with Gasteiger partial charge in [-0.3, -0.25) is 9.59 Å². The second kappa shape index (κ2) is 9.34. The fourth-order valence-electron chi connectivity index (χ4n) is 4.57. The minimum Gasteiger partial charge on any atom is -0.342 e. The maximum Gasteiger partial charge on any atom is 0.229 e. The van der Waals surface area contributed by atoms with Crippen molar-refractivity contribution in [2.75, 3.05) is 18.4 Å². The van der Waals surface area contributed by atoms with Crippen LogP contribution in [0.15, 0.2) is 60.7 Å². The fraction of sp³-hybridized carbons (Fsp3) is 0.333. The number of piperidine rings is 1. The molecule has 4 heteroatoms. The Kier molecular flexibility index (Phi) is 6.36. The number of nitrogens with zero attached hydrogens (tertiary/aromatic N) is 1. The summed E-state index contributed by atoms with van der Waals surface area (Å²) < 4.78 is 0. The lowest BCUT2D eigenvalue weighted by Gasteiger charge is -2.32. The first kappa shape index (κ1) is 21.1. The number of amides is 2. The molecule has 0 saturated carbocycles. The quantitative estimate of drug-likeness (QED) is 0.629. The molecule has 1 N–H and O–H groups in total. The highest BCUT2D eigenvalue weighted by Crippen LogP contribution is 2.25. The van der Waals surface area contributed by atoms with Crippen LogP contribution in [0.4, 0.5) is 5.69 Å². The van der Waals surface area contributed by atoms with Crippen LogP contribution in [0.1, 0.15) is 36.5 Å². The van der Waals surface area contributed by atoms with Gasteiger partial charge in [-0.2, -0.15) is 0 Å². The summed E-state index contributed by atoms with van der Waals surface area (Å²) in [4.78, 5) is 28.0. The summed E-state index contributed by atoms with van der Waals surface area (Å²) in [5, 5.41) is 5.42. The molecule has 3 aromatic rings. The predicted molar refractivity (Wildman–Crippen MR) is 126 cm³/mol. The van der Waals surface area contributed by atoms with Gasteiger partial charge in [0, 0.05) is 18.8 Å². The zero-order valence-corrected chi connectivity index (χ0v) is 18.4. The van der Waals surface area contributed by atoms with Crippen molar-refractivity contribution in [2.45, 2.75) is 39.5 Å². The van der Waals surface area contributed by atoms with Crippen LogP contribution in [0, 0.1) is 12.8 Å². The van der Waals surface area contributed by atoms with Gasteiger partial charge in [-0.05, 0) is 53.6 Å². The number of hydrogen-bond acceptors (Lipinski definition) is 2. The number of para-hydroxylation sites is 1. The van der Waals surface area contributed by atoms with E-state index in [0.717, 1.165) is 59.0 Å². The standard InChI is InChI=1S/C27H30N2O2/c1-3-20-11-6-9-19(2)26(20)28-27(31)23-14-8-16-29(18-23)25(30)17-22-13-7-12-21-10-4-5-15-24(21)22/h4-7,9-13,15,23H,3,8,14,16-18H2,1-2H3,(H,28,31)/t23-/m0/s1. The number of likely N-dealkylation sites (tertiary alicyclic amines) is 1. The summed E-state index contributed by atoms with van der Waals surface area (Å²) in [5.74, 6) is -0.0554. The van der Waals surface area contributed by atoms with Gasteiger partial charge in [0.15, 0.2) is 0 Å². The smallest absolute Gasteiger partial charge is 0.229 e. The highest BCUT2D eigenvalue weighted by Gasteiger charge is 2.29. The average Bonchev–Trinajstić information content (AvgIpc) is 2.80. The van der Waals surface area contributed by atoms with E-state index in [1.165, 1.54) is 0 Å². The maximum atomic E-state index is 13.1. The van der Waals surface area contributed by atoms with Crippen molar-refractivity contribution < 1.29 is 9.59 Å².